The zero-order valence-electron chi connectivity index (χ0n) is 10.1. The minimum atomic E-state index is -2.70. The first-order chi connectivity index (χ1) is 9.12. The van der Waals surface area contributed by atoms with Crippen molar-refractivity contribution in [3.05, 3.63) is 70.8 Å². The van der Waals surface area contributed by atoms with Gasteiger partial charge in [0.1, 0.15) is 6.10 Å². The van der Waals surface area contributed by atoms with Crippen LogP contribution in [0, 0.1) is 0 Å². The maximum atomic E-state index is 14.1. The van der Waals surface area contributed by atoms with Gasteiger partial charge in [0.2, 0.25) is 0 Å². The van der Waals surface area contributed by atoms with Crippen LogP contribution in [0.1, 0.15) is 40.2 Å². The largest absolute Gasteiger partial charge is 0.384 e. The lowest BCUT2D eigenvalue weighted by atomic mass is 9.94. The monoisotopic (exact) mass is 258 g/mol. The molecule has 1 nitrogen and oxygen atoms in total. The second-order valence-electron chi connectivity index (χ2n) is 5.29. The van der Waals surface area contributed by atoms with Crippen molar-refractivity contribution in [2.45, 2.75) is 23.9 Å². The van der Waals surface area contributed by atoms with Crippen molar-refractivity contribution < 1.29 is 13.9 Å². The lowest BCUT2D eigenvalue weighted by Gasteiger charge is -2.17. The van der Waals surface area contributed by atoms with Crippen LogP contribution in [0.2, 0.25) is 0 Å². The molecule has 2 aliphatic rings. The number of aliphatic hydroxyl groups excluding tert-OH is 1. The first-order valence-corrected chi connectivity index (χ1v) is 6.36. The molecule has 2 aliphatic carbocycles. The molecule has 0 amide bonds. The molecule has 1 saturated carbocycles. The summed E-state index contributed by atoms with van der Waals surface area (Å²) in [5, 5.41) is 10.5. The van der Waals surface area contributed by atoms with Crippen molar-refractivity contribution in [3.63, 3.8) is 0 Å². The highest BCUT2D eigenvalue weighted by Gasteiger charge is 2.71. The Kier molecular flexibility index (Phi) is 2.00. The lowest BCUT2D eigenvalue weighted by Crippen LogP contribution is -2.08. The highest BCUT2D eigenvalue weighted by Crippen LogP contribution is 2.69. The molecule has 96 valence electrons. The molecule has 0 radical (unpaired) electrons. The first kappa shape index (κ1) is 11.1. The summed E-state index contributed by atoms with van der Waals surface area (Å²) in [6.07, 6.45) is -0.809. The van der Waals surface area contributed by atoms with Crippen molar-refractivity contribution in [2.75, 3.05) is 0 Å². The summed E-state index contributed by atoms with van der Waals surface area (Å²) in [6.45, 7) is 0. The molecule has 0 bridgehead atoms. The second kappa shape index (κ2) is 3.42. The number of benzene rings is 2. The molecule has 3 atom stereocenters. The number of hydrogen-bond acceptors (Lipinski definition) is 1. The molecule has 1 unspecified atom stereocenters. The van der Waals surface area contributed by atoms with Gasteiger partial charge in [-0.1, -0.05) is 48.5 Å². The first-order valence-electron chi connectivity index (χ1n) is 6.36. The Labute approximate surface area is 109 Å². The van der Waals surface area contributed by atoms with Gasteiger partial charge in [-0.25, -0.2) is 8.78 Å². The fraction of sp³-hybridized carbons (Fsp3) is 0.250. The summed E-state index contributed by atoms with van der Waals surface area (Å²) in [7, 11) is 0. The van der Waals surface area contributed by atoms with E-state index in [2.05, 4.69) is 0 Å². The zero-order valence-corrected chi connectivity index (χ0v) is 10.1. The van der Waals surface area contributed by atoms with E-state index in [0.29, 0.717) is 22.3 Å². The summed E-state index contributed by atoms with van der Waals surface area (Å²) >= 11 is 0. The average Bonchev–Trinajstić information content (AvgIpc) is 3.02. The molecule has 4 rings (SSSR count). The van der Waals surface area contributed by atoms with Gasteiger partial charge in [0.05, 0.1) is 11.8 Å². The predicted octanol–water partition coefficient (Wildman–Crippen LogP) is 3.60. The van der Waals surface area contributed by atoms with E-state index in [1.165, 1.54) is 0 Å². The Morgan fingerprint density at radius 1 is 0.737 bits per heavy atom. The number of alkyl halides is 2. The van der Waals surface area contributed by atoms with E-state index in [9.17, 15) is 13.9 Å². The van der Waals surface area contributed by atoms with Crippen molar-refractivity contribution in [1.82, 2.24) is 0 Å². The summed E-state index contributed by atoms with van der Waals surface area (Å²) in [6, 6.07) is 14.0. The van der Waals surface area contributed by atoms with Gasteiger partial charge in [-0.15, -0.1) is 0 Å². The molecule has 19 heavy (non-hydrogen) atoms. The van der Waals surface area contributed by atoms with Gasteiger partial charge in [0.25, 0.3) is 5.92 Å². The van der Waals surface area contributed by atoms with Crippen molar-refractivity contribution >= 4 is 0 Å². The van der Waals surface area contributed by atoms with Crippen LogP contribution in [-0.4, -0.2) is 11.0 Å². The van der Waals surface area contributed by atoms with Crippen LogP contribution in [0.5, 0.6) is 0 Å². The summed E-state index contributed by atoms with van der Waals surface area (Å²) in [5.41, 5.74) is 2.39. The van der Waals surface area contributed by atoms with Gasteiger partial charge < -0.3 is 5.11 Å². The molecule has 2 aromatic carbocycles. The maximum absolute atomic E-state index is 14.1. The van der Waals surface area contributed by atoms with Crippen molar-refractivity contribution in [3.8, 4) is 0 Å². The van der Waals surface area contributed by atoms with Gasteiger partial charge in [-0.3, -0.25) is 0 Å². The highest BCUT2D eigenvalue weighted by molar-refractivity contribution is 5.55. The Balaban J connectivity index is 2.02. The van der Waals surface area contributed by atoms with Crippen molar-refractivity contribution in [1.29, 1.82) is 0 Å². The third-order valence-corrected chi connectivity index (χ3v) is 4.30. The molecule has 0 heterocycles. The standard InChI is InChI=1S/C16H12F2O/c17-16(18)13-9-5-1-3-7-11(9)15(19)12-8-4-2-6-10(12)14(13)16/h1-8,13-15,19H/t13-,14?,15+/m0/s1. The van der Waals surface area contributed by atoms with E-state index in [-0.39, 0.29) is 0 Å². The highest BCUT2D eigenvalue weighted by atomic mass is 19.3. The van der Waals surface area contributed by atoms with E-state index in [4.69, 9.17) is 0 Å². The summed E-state index contributed by atoms with van der Waals surface area (Å²) < 4.78 is 28.2. The van der Waals surface area contributed by atoms with Gasteiger partial charge >= 0.3 is 0 Å². The number of halogens is 2. The molecular formula is C16H12F2O. The van der Waals surface area contributed by atoms with E-state index >= 15 is 0 Å². The zero-order chi connectivity index (χ0) is 13.2. The summed E-state index contributed by atoms with van der Waals surface area (Å²) in [5.74, 6) is -4.28. The Morgan fingerprint density at radius 2 is 1.11 bits per heavy atom. The normalized spacial score (nSPS) is 29.7. The predicted molar refractivity (Wildman–Crippen MR) is 67.4 cm³/mol. The van der Waals surface area contributed by atoms with Crippen LogP contribution in [0.3, 0.4) is 0 Å². The molecule has 1 N–H and O–H groups in total. The van der Waals surface area contributed by atoms with Gasteiger partial charge in [0, 0.05) is 0 Å². The number of hydrogen-bond donors (Lipinski definition) is 1. The lowest BCUT2D eigenvalue weighted by molar-refractivity contribution is 0.103. The number of rotatable bonds is 0. The van der Waals surface area contributed by atoms with E-state index < -0.39 is 23.9 Å². The topological polar surface area (TPSA) is 20.2 Å². The third-order valence-electron chi connectivity index (χ3n) is 4.30. The quantitative estimate of drug-likeness (QED) is 0.765. The maximum Gasteiger partial charge on any atom is 0.263 e. The fourth-order valence-electron chi connectivity index (χ4n) is 3.35. The molecular weight excluding hydrogens is 246 g/mol. The Morgan fingerprint density at radius 3 is 1.53 bits per heavy atom. The van der Waals surface area contributed by atoms with E-state index in [1.54, 1.807) is 48.5 Å². The van der Waals surface area contributed by atoms with Gasteiger partial charge in [0.15, 0.2) is 0 Å². The minimum absolute atomic E-state index is 0.584. The smallest absolute Gasteiger partial charge is 0.263 e. The second-order valence-corrected chi connectivity index (χ2v) is 5.29. The van der Waals surface area contributed by atoms with Crippen LogP contribution in [-0.2, 0) is 0 Å². The van der Waals surface area contributed by atoms with Gasteiger partial charge in [-0.05, 0) is 22.3 Å². The fourth-order valence-corrected chi connectivity index (χ4v) is 3.35. The Bertz CT molecular complexity index is 610. The molecule has 0 spiro atoms. The minimum Gasteiger partial charge on any atom is -0.384 e. The third kappa shape index (κ3) is 1.31. The Hall–Kier alpha value is -1.74. The molecule has 0 aliphatic heterocycles. The SMILES string of the molecule is O[C@H]1c2ccccc2C2[C@H](c3ccccc31)C2(F)F. The van der Waals surface area contributed by atoms with Gasteiger partial charge in [-0.2, -0.15) is 0 Å². The van der Waals surface area contributed by atoms with Crippen LogP contribution in [0.15, 0.2) is 48.5 Å². The van der Waals surface area contributed by atoms with E-state index in [0.717, 1.165) is 0 Å². The molecule has 0 aromatic heterocycles. The van der Waals surface area contributed by atoms with Crippen LogP contribution in [0.4, 0.5) is 8.78 Å². The van der Waals surface area contributed by atoms with E-state index in [1.807, 2.05) is 0 Å². The molecule has 1 fully saturated rings. The molecule has 0 saturated heterocycles. The summed E-state index contributed by atoms with van der Waals surface area (Å²) in [4.78, 5) is 0. The van der Waals surface area contributed by atoms with Crippen LogP contribution >= 0.6 is 0 Å². The number of fused-ring (bicyclic) bond motifs is 5. The van der Waals surface area contributed by atoms with Crippen LogP contribution in [0.25, 0.3) is 0 Å². The molecule has 2 aromatic rings. The van der Waals surface area contributed by atoms with Crippen molar-refractivity contribution in [2.24, 2.45) is 0 Å². The molecule has 3 heteroatoms. The number of aliphatic hydroxyl groups is 1. The average molecular weight is 258 g/mol. The van der Waals surface area contributed by atoms with Crippen LogP contribution < -0.4 is 0 Å².